The van der Waals surface area contributed by atoms with Crippen LogP contribution >= 0.6 is 33.9 Å². The molecule has 1 aromatic rings. The summed E-state index contributed by atoms with van der Waals surface area (Å²) in [5.41, 5.74) is 0.918. The molecule has 1 aromatic heterocycles. The predicted octanol–water partition coefficient (Wildman–Crippen LogP) is 2.95. The maximum Gasteiger partial charge on any atom is 0.166 e. The van der Waals surface area contributed by atoms with Gasteiger partial charge >= 0.3 is 0 Å². The van der Waals surface area contributed by atoms with Crippen molar-refractivity contribution in [1.82, 2.24) is 0 Å². The van der Waals surface area contributed by atoms with Crippen LogP contribution in [-0.2, 0) is 0 Å². The van der Waals surface area contributed by atoms with Crippen LogP contribution in [0.25, 0.3) is 0 Å². The van der Waals surface area contributed by atoms with Gasteiger partial charge in [0, 0.05) is 16.9 Å². The molecule has 1 nitrogen and oxygen atoms in total. The first-order valence-corrected chi connectivity index (χ1v) is 5.51. The van der Waals surface area contributed by atoms with Crippen molar-refractivity contribution in [2.75, 3.05) is 0 Å². The largest absolute Gasteiger partial charge is 0.294 e. The van der Waals surface area contributed by atoms with Gasteiger partial charge in [-0.2, -0.15) is 0 Å². The minimum atomic E-state index is 0.351. The molecule has 58 valence electrons. The molecule has 1 aliphatic carbocycles. The predicted molar refractivity (Wildman–Crippen MR) is 54.1 cm³/mol. The summed E-state index contributed by atoms with van der Waals surface area (Å²) in [7, 11) is 0. The fraction of sp³-hybridized carbons (Fsp3) is 0.375. The molecule has 0 amide bonds. The average Bonchev–Trinajstić information content (AvgIpc) is 2.74. The second-order valence-electron chi connectivity index (χ2n) is 2.78. The van der Waals surface area contributed by atoms with E-state index in [-0.39, 0.29) is 0 Å². The van der Waals surface area contributed by atoms with E-state index in [9.17, 15) is 4.79 Å². The second-order valence-corrected chi connectivity index (χ2v) is 5.58. The number of Topliss-reactive ketones (excluding diaryl/α,β-unsaturated/α-hetero) is 1. The molecular weight excluding hydrogens is 271 g/mol. The van der Waals surface area contributed by atoms with Crippen LogP contribution in [0.3, 0.4) is 0 Å². The molecule has 3 heteroatoms. The lowest BCUT2D eigenvalue weighted by Gasteiger charge is -1.89. The highest BCUT2D eigenvalue weighted by atomic mass is 127. The highest BCUT2D eigenvalue weighted by Crippen LogP contribution is 2.33. The number of hydrogen-bond donors (Lipinski definition) is 0. The first-order valence-electron chi connectivity index (χ1n) is 3.55. The number of halogens is 1. The highest BCUT2D eigenvalue weighted by Gasteiger charge is 2.30. The van der Waals surface area contributed by atoms with Gasteiger partial charge in [0.25, 0.3) is 0 Å². The molecule has 1 aliphatic rings. The second kappa shape index (κ2) is 2.86. The van der Waals surface area contributed by atoms with E-state index in [1.54, 1.807) is 11.3 Å². The Kier molecular flexibility index (Phi) is 2.01. The highest BCUT2D eigenvalue weighted by molar-refractivity contribution is 14.1. The van der Waals surface area contributed by atoms with Crippen LogP contribution < -0.4 is 0 Å². The summed E-state index contributed by atoms with van der Waals surface area (Å²) in [6, 6.07) is 1.98. The smallest absolute Gasteiger partial charge is 0.166 e. The fourth-order valence-corrected chi connectivity index (χ4v) is 2.36. The monoisotopic (exact) mass is 278 g/mol. The van der Waals surface area contributed by atoms with Gasteiger partial charge in [-0.1, -0.05) is 0 Å². The zero-order valence-corrected chi connectivity index (χ0v) is 8.81. The first kappa shape index (κ1) is 7.73. The molecular formula is C8H7IOS. The summed E-state index contributed by atoms with van der Waals surface area (Å²) in [6.07, 6.45) is 2.20. The van der Waals surface area contributed by atoms with E-state index < -0.39 is 0 Å². The van der Waals surface area contributed by atoms with E-state index in [1.807, 2.05) is 11.4 Å². The summed E-state index contributed by atoms with van der Waals surface area (Å²) in [5, 5.41) is 1.96. The van der Waals surface area contributed by atoms with Gasteiger partial charge in [-0.05, 0) is 41.5 Å². The van der Waals surface area contributed by atoms with Crippen LogP contribution in [0.1, 0.15) is 23.2 Å². The minimum absolute atomic E-state index is 0.351. The maximum atomic E-state index is 11.4. The minimum Gasteiger partial charge on any atom is -0.294 e. The molecule has 1 heterocycles. The van der Waals surface area contributed by atoms with Crippen molar-refractivity contribution in [1.29, 1.82) is 0 Å². The summed E-state index contributed by atoms with van der Waals surface area (Å²) in [4.78, 5) is 11.4. The fourth-order valence-electron chi connectivity index (χ4n) is 1.02. The van der Waals surface area contributed by atoms with E-state index in [2.05, 4.69) is 22.6 Å². The van der Waals surface area contributed by atoms with Gasteiger partial charge in [0.2, 0.25) is 0 Å². The van der Waals surface area contributed by atoms with Crippen molar-refractivity contribution in [2.24, 2.45) is 5.92 Å². The molecule has 0 aliphatic heterocycles. The molecule has 0 radical (unpaired) electrons. The third-order valence-electron chi connectivity index (χ3n) is 1.80. The Hall–Kier alpha value is 0.1000. The number of carbonyl (C=O) groups is 1. The summed E-state index contributed by atoms with van der Waals surface area (Å²) in [5.74, 6) is 0.713. The van der Waals surface area contributed by atoms with Gasteiger partial charge in [-0.25, -0.2) is 0 Å². The van der Waals surface area contributed by atoms with Crippen LogP contribution in [0.15, 0.2) is 11.4 Å². The third-order valence-corrected chi connectivity index (χ3v) is 3.59. The number of thiophene rings is 1. The van der Waals surface area contributed by atoms with E-state index in [0.29, 0.717) is 11.7 Å². The molecule has 1 saturated carbocycles. The van der Waals surface area contributed by atoms with Gasteiger partial charge < -0.3 is 0 Å². The van der Waals surface area contributed by atoms with E-state index in [0.717, 1.165) is 18.4 Å². The molecule has 0 spiro atoms. The zero-order chi connectivity index (χ0) is 7.84. The third kappa shape index (κ3) is 1.64. The molecule has 0 atom stereocenters. The van der Waals surface area contributed by atoms with Crippen molar-refractivity contribution in [3.8, 4) is 0 Å². The van der Waals surface area contributed by atoms with Gasteiger partial charge in [0.15, 0.2) is 5.78 Å². The molecule has 0 N–H and O–H groups in total. The van der Waals surface area contributed by atoms with E-state index in [1.165, 1.54) is 2.88 Å². The van der Waals surface area contributed by atoms with Crippen molar-refractivity contribution in [3.63, 3.8) is 0 Å². The molecule has 0 bridgehead atoms. The van der Waals surface area contributed by atoms with Crippen LogP contribution in [-0.4, -0.2) is 5.78 Å². The SMILES string of the molecule is O=C(c1csc(I)c1)C1CC1. The molecule has 11 heavy (non-hydrogen) atoms. The van der Waals surface area contributed by atoms with E-state index in [4.69, 9.17) is 0 Å². The zero-order valence-electron chi connectivity index (χ0n) is 5.84. The molecule has 0 aromatic carbocycles. The Morgan fingerprint density at radius 3 is 2.82 bits per heavy atom. The molecule has 1 fully saturated rings. The lowest BCUT2D eigenvalue weighted by atomic mass is 10.1. The van der Waals surface area contributed by atoms with Gasteiger partial charge in [0.1, 0.15) is 0 Å². The van der Waals surface area contributed by atoms with Crippen LogP contribution in [0.4, 0.5) is 0 Å². The number of rotatable bonds is 2. The Bertz CT molecular complexity index is 288. The summed E-state index contributed by atoms with van der Waals surface area (Å²) < 4.78 is 1.20. The van der Waals surface area contributed by atoms with Gasteiger partial charge in [-0.3, -0.25) is 4.79 Å². The summed E-state index contributed by atoms with van der Waals surface area (Å²) >= 11 is 3.89. The Labute approximate surface area is 82.9 Å². The number of hydrogen-bond acceptors (Lipinski definition) is 2. The lowest BCUT2D eigenvalue weighted by molar-refractivity contribution is 0.0968. The average molecular weight is 278 g/mol. The number of ketones is 1. The van der Waals surface area contributed by atoms with Gasteiger partial charge in [0.05, 0.1) is 2.88 Å². The molecule has 2 rings (SSSR count). The molecule has 0 saturated heterocycles. The summed E-state index contributed by atoms with van der Waals surface area (Å²) in [6.45, 7) is 0. The number of carbonyl (C=O) groups excluding carboxylic acids is 1. The topological polar surface area (TPSA) is 17.1 Å². The van der Waals surface area contributed by atoms with Crippen molar-refractivity contribution < 1.29 is 4.79 Å². The van der Waals surface area contributed by atoms with Crippen molar-refractivity contribution >= 4 is 39.7 Å². The van der Waals surface area contributed by atoms with Crippen LogP contribution in [0, 0.1) is 8.80 Å². The maximum absolute atomic E-state index is 11.4. The Morgan fingerprint density at radius 2 is 2.36 bits per heavy atom. The van der Waals surface area contributed by atoms with E-state index >= 15 is 0 Å². The van der Waals surface area contributed by atoms with Crippen LogP contribution in [0.2, 0.25) is 0 Å². The van der Waals surface area contributed by atoms with Crippen molar-refractivity contribution in [3.05, 3.63) is 19.9 Å². The Morgan fingerprint density at radius 1 is 1.64 bits per heavy atom. The quantitative estimate of drug-likeness (QED) is 0.600. The Balaban J connectivity index is 2.21. The van der Waals surface area contributed by atoms with Crippen molar-refractivity contribution in [2.45, 2.75) is 12.8 Å². The lowest BCUT2D eigenvalue weighted by Crippen LogP contribution is -1.98. The van der Waals surface area contributed by atoms with Crippen LogP contribution in [0.5, 0.6) is 0 Å². The first-order chi connectivity index (χ1) is 5.27. The molecule has 0 unspecified atom stereocenters. The normalized spacial score (nSPS) is 16.8. The van der Waals surface area contributed by atoms with Gasteiger partial charge in [-0.15, -0.1) is 11.3 Å². The standard InChI is InChI=1S/C8H7IOS/c9-7-3-6(4-11-7)8(10)5-1-2-5/h3-5H,1-2H2.